The topological polar surface area (TPSA) is 88.1 Å². The van der Waals surface area contributed by atoms with Crippen molar-refractivity contribution in [2.75, 3.05) is 5.32 Å². The zero-order valence-electron chi connectivity index (χ0n) is 13.2. The number of nitrogens with zero attached hydrogens (tertiary/aromatic N) is 2. The van der Waals surface area contributed by atoms with Gasteiger partial charge in [0.1, 0.15) is 0 Å². The van der Waals surface area contributed by atoms with Crippen molar-refractivity contribution in [3.05, 3.63) is 59.9 Å². The van der Waals surface area contributed by atoms with Crippen LogP contribution in [0, 0.1) is 0 Å². The van der Waals surface area contributed by atoms with Gasteiger partial charge in [-0.15, -0.1) is 0 Å². The third-order valence-electron chi connectivity index (χ3n) is 3.51. The van der Waals surface area contributed by atoms with Crippen molar-refractivity contribution in [1.29, 1.82) is 0 Å². The molecule has 0 saturated carbocycles. The number of carbonyl (C=O) groups is 2. The quantitative estimate of drug-likeness (QED) is 0.627. The van der Waals surface area contributed by atoms with E-state index in [9.17, 15) is 9.59 Å². The van der Waals surface area contributed by atoms with Gasteiger partial charge in [0, 0.05) is 23.7 Å². The number of carbonyl (C=O) groups excluding carboxylic acids is 2. The molecule has 128 valence electrons. The van der Waals surface area contributed by atoms with Gasteiger partial charge in [0.25, 0.3) is 0 Å². The van der Waals surface area contributed by atoms with E-state index < -0.39 is 6.03 Å². The number of hydrogen-bond donors (Lipinski definition) is 3. The summed E-state index contributed by atoms with van der Waals surface area (Å²) in [6.45, 7) is 0.462. The SMILES string of the molecule is O=C(CCn1cnc2ccccc21)NNC(=O)Nc1cccc(Cl)c1. The first kappa shape index (κ1) is 16.8. The monoisotopic (exact) mass is 357 g/mol. The number of anilines is 1. The summed E-state index contributed by atoms with van der Waals surface area (Å²) in [5, 5.41) is 3.08. The maximum atomic E-state index is 11.9. The Morgan fingerprint density at radius 3 is 2.76 bits per heavy atom. The molecule has 8 heteroatoms. The molecule has 0 aliphatic rings. The Balaban J connectivity index is 1.45. The number of halogens is 1. The molecule has 1 aromatic heterocycles. The van der Waals surface area contributed by atoms with E-state index in [2.05, 4.69) is 21.2 Å². The van der Waals surface area contributed by atoms with Crippen LogP contribution < -0.4 is 16.2 Å². The van der Waals surface area contributed by atoms with Gasteiger partial charge < -0.3 is 9.88 Å². The lowest BCUT2D eigenvalue weighted by Crippen LogP contribution is -2.44. The third kappa shape index (κ3) is 4.48. The number of fused-ring (bicyclic) bond motifs is 1. The van der Waals surface area contributed by atoms with Crippen LogP contribution in [0.3, 0.4) is 0 Å². The molecule has 0 radical (unpaired) electrons. The number of para-hydroxylation sites is 2. The average Bonchev–Trinajstić information content (AvgIpc) is 3.01. The molecular formula is C17H16ClN5O2. The molecule has 25 heavy (non-hydrogen) atoms. The number of benzene rings is 2. The smallest absolute Gasteiger partial charge is 0.330 e. The van der Waals surface area contributed by atoms with Gasteiger partial charge in [-0.2, -0.15) is 0 Å². The van der Waals surface area contributed by atoms with Crippen molar-refractivity contribution in [2.45, 2.75) is 13.0 Å². The molecule has 3 amide bonds. The molecule has 2 aromatic carbocycles. The zero-order valence-corrected chi connectivity index (χ0v) is 14.0. The highest BCUT2D eigenvalue weighted by Crippen LogP contribution is 2.14. The first-order valence-electron chi connectivity index (χ1n) is 7.63. The second kappa shape index (κ2) is 7.67. The summed E-state index contributed by atoms with van der Waals surface area (Å²) in [6.07, 6.45) is 1.90. The molecule has 0 atom stereocenters. The molecule has 3 N–H and O–H groups in total. The Bertz CT molecular complexity index is 909. The summed E-state index contributed by atoms with van der Waals surface area (Å²) in [6, 6.07) is 13.8. The summed E-state index contributed by atoms with van der Waals surface area (Å²) in [4.78, 5) is 27.9. The zero-order chi connectivity index (χ0) is 17.6. The average molecular weight is 358 g/mol. The van der Waals surface area contributed by atoms with Gasteiger partial charge in [0.15, 0.2) is 0 Å². The lowest BCUT2D eigenvalue weighted by molar-refractivity contribution is -0.121. The molecule has 0 aliphatic heterocycles. The van der Waals surface area contributed by atoms with E-state index in [0.717, 1.165) is 11.0 Å². The molecule has 0 saturated heterocycles. The van der Waals surface area contributed by atoms with E-state index in [1.54, 1.807) is 30.6 Å². The van der Waals surface area contributed by atoms with E-state index in [0.29, 0.717) is 17.3 Å². The minimum Gasteiger partial charge on any atom is -0.330 e. The van der Waals surface area contributed by atoms with Crippen LogP contribution in [0.5, 0.6) is 0 Å². The number of rotatable bonds is 4. The van der Waals surface area contributed by atoms with Crippen LogP contribution in [-0.4, -0.2) is 21.5 Å². The Morgan fingerprint density at radius 1 is 1.08 bits per heavy atom. The predicted molar refractivity (Wildman–Crippen MR) is 96.1 cm³/mol. The highest BCUT2D eigenvalue weighted by atomic mass is 35.5. The van der Waals surface area contributed by atoms with Crippen LogP contribution in [0.2, 0.25) is 5.02 Å². The van der Waals surface area contributed by atoms with Gasteiger partial charge in [-0.25, -0.2) is 15.2 Å². The minimum absolute atomic E-state index is 0.206. The number of imidazole rings is 1. The molecule has 0 fully saturated rings. The Hall–Kier alpha value is -3.06. The molecular weight excluding hydrogens is 342 g/mol. The first-order chi connectivity index (χ1) is 12.1. The number of aromatic nitrogens is 2. The standard InChI is InChI=1S/C17H16ClN5O2/c18-12-4-3-5-13(10-12)20-17(25)22-21-16(24)8-9-23-11-19-14-6-1-2-7-15(14)23/h1-7,10-11H,8-9H2,(H,21,24)(H2,20,22,25). The Kier molecular flexibility index (Phi) is 5.15. The fourth-order valence-corrected chi connectivity index (χ4v) is 2.52. The van der Waals surface area contributed by atoms with Gasteiger partial charge in [0.05, 0.1) is 17.4 Å². The summed E-state index contributed by atoms with van der Waals surface area (Å²) < 4.78 is 1.89. The number of aryl methyl sites for hydroxylation is 1. The van der Waals surface area contributed by atoms with Crippen molar-refractivity contribution in [2.24, 2.45) is 0 Å². The predicted octanol–water partition coefficient (Wildman–Crippen LogP) is 2.93. The van der Waals surface area contributed by atoms with Crippen molar-refractivity contribution >= 4 is 40.3 Å². The van der Waals surface area contributed by atoms with E-state index in [-0.39, 0.29) is 12.3 Å². The Morgan fingerprint density at radius 2 is 1.92 bits per heavy atom. The highest BCUT2D eigenvalue weighted by molar-refractivity contribution is 6.30. The number of amides is 3. The van der Waals surface area contributed by atoms with Crippen LogP contribution in [-0.2, 0) is 11.3 Å². The molecule has 3 rings (SSSR count). The van der Waals surface area contributed by atoms with E-state index in [4.69, 9.17) is 11.6 Å². The molecule has 0 unspecified atom stereocenters. The number of nitrogens with one attached hydrogen (secondary N) is 3. The van der Waals surface area contributed by atoms with Gasteiger partial charge in [-0.05, 0) is 30.3 Å². The number of urea groups is 1. The lowest BCUT2D eigenvalue weighted by atomic mass is 10.3. The van der Waals surface area contributed by atoms with Crippen LogP contribution in [0.1, 0.15) is 6.42 Å². The van der Waals surface area contributed by atoms with Crippen molar-refractivity contribution in [1.82, 2.24) is 20.4 Å². The van der Waals surface area contributed by atoms with Gasteiger partial charge in [-0.1, -0.05) is 29.8 Å². The molecule has 0 aliphatic carbocycles. The van der Waals surface area contributed by atoms with E-state index >= 15 is 0 Å². The molecule has 7 nitrogen and oxygen atoms in total. The molecule has 0 bridgehead atoms. The van der Waals surface area contributed by atoms with Crippen LogP contribution in [0.15, 0.2) is 54.9 Å². The number of hydrazine groups is 1. The summed E-state index contributed by atoms with van der Waals surface area (Å²) >= 11 is 5.84. The van der Waals surface area contributed by atoms with Gasteiger partial charge in [0.2, 0.25) is 5.91 Å². The largest absolute Gasteiger partial charge is 0.337 e. The fraction of sp³-hybridized carbons (Fsp3) is 0.118. The highest BCUT2D eigenvalue weighted by Gasteiger charge is 2.07. The van der Waals surface area contributed by atoms with E-state index in [1.807, 2.05) is 28.8 Å². The van der Waals surface area contributed by atoms with Crippen molar-refractivity contribution < 1.29 is 9.59 Å². The molecule has 1 heterocycles. The Labute approximate surface area is 149 Å². The van der Waals surface area contributed by atoms with Crippen LogP contribution in [0.4, 0.5) is 10.5 Å². The van der Waals surface area contributed by atoms with Gasteiger partial charge >= 0.3 is 6.03 Å². The second-order valence-electron chi connectivity index (χ2n) is 5.31. The summed E-state index contributed by atoms with van der Waals surface area (Å²) in [5.41, 5.74) is 7.03. The lowest BCUT2D eigenvalue weighted by Gasteiger charge is -2.09. The summed E-state index contributed by atoms with van der Waals surface area (Å²) in [7, 11) is 0. The molecule has 3 aromatic rings. The minimum atomic E-state index is -0.552. The first-order valence-corrected chi connectivity index (χ1v) is 8.01. The fourth-order valence-electron chi connectivity index (χ4n) is 2.33. The third-order valence-corrected chi connectivity index (χ3v) is 3.74. The second-order valence-corrected chi connectivity index (χ2v) is 5.75. The van der Waals surface area contributed by atoms with Crippen LogP contribution in [0.25, 0.3) is 11.0 Å². The van der Waals surface area contributed by atoms with Crippen LogP contribution >= 0.6 is 11.6 Å². The van der Waals surface area contributed by atoms with Crippen molar-refractivity contribution in [3.63, 3.8) is 0 Å². The summed E-state index contributed by atoms with van der Waals surface area (Å²) in [5.74, 6) is -0.306. The normalized spacial score (nSPS) is 10.4. The number of hydrogen-bond acceptors (Lipinski definition) is 3. The van der Waals surface area contributed by atoms with E-state index in [1.165, 1.54) is 0 Å². The van der Waals surface area contributed by atoms with Gasteiger partial charge in [-0.3, -0.25) is 10.2 Å². The molecule has 0 spiro atoms. The van der Waals surface area contributed by atoms with Crippen molar-refractivity contribution in [3.8, 4) is 0 Å². The maximum Gasteiger partial charge on any atom is 0.337 e. The maximum absolute atomic E-state index is 11.9.